The second-order valence-electron chi connectivity index (χ2n) is 2.58. The molecule has 1 N–H and O–H groups in total. The third kappa shape index (κ3) is 1.96. The van der Waals surface area contributed by atoms with Crippen molar-refractivity contribution in [3.8, 4) is 5.75 Å². The lowest BCUT2D eigenvalue weighted by Crippen LogP contribution is -1.96. The van der Waals surface area contributed by atoms with Crippen molar-refractivity contribution >= 4 is 15.9 Å². The third-order valence-electron chi connectivity index (χ3n) is 1.79. The summed E-state index contributed by atoms with van der Waals surface area (Å²) in [6.45, 7) is 1.58. The Labute approximate surface area is 82.7 Å². The predicted molar refractivity (Wildman–Crippen MR) is 48.2 cm³/mol. The maximum atomic E-state index is 12.2. The summed E-state index contributed by atoms with van der Waals surface area (Å²) in [6, 6.07) is 0. The van der Waals surface area contributed by atoms with Crippen LogP contribution in [0.5, 0.6) is 5.75 Å². The number of alkyl halides is 3. The molecule has 1 aromatic heterocycles. The van der Waals surface area contributed by atoms with Gasteiger partial charge >= 0.3 is 0 Å². The molecule has 0 aliphatic rings. The minimum Gasteiger partial charge on any atom is -0.506 e. The van der Waals surface area contributed by atoms with E-state index < -0.39 is 17.9 Å². The van der Waals surface area contributed by atoms with E-state index in [1.807, 2.05) is 0 Å². The highest BCUT2D eigenvalue weighted by molar-refractivity contribution is 9.08. The number of rotatable bonds is 2. The number of nitrogens with zero attached hydrogens (tertiary/aromatic N) is 1. The Morgan fingerprint density at radius 3 is 2.69 bits per heavy atom. The van der Waals surface area contributed by atoms with Crippen molar-refractivity contribution in [3.63, 3.8) is 0 Å². The molecule has 0 spiro atoms. The van der Waals surface area contributed by atoms with Gasteiger partial charge in [0, 0.05) is 11.5 Å². The summed E-state index contributed by atoms with van der Waals surface area (Å²) >= 11 is 3.17. The molecule has 0 fully saturated rings. The maximum absolute atomic E-state index is 12.2. The molecule has 0 aliphatic carbocycles. The molecule has 5 heteroatoms. The van der Waals surface area contributed by atoms with Crippen molar-refractivity contribution < 1.29 is 13.9 Å². The first-order chi connectivity index (χ1) is 6.07. The Morgan fingerprint density at radius 1 is 1.62 bits per heavy atom. The zero-order chi connectivity index (χ0) is 10.0. The van der Waals surface area contributed by atoms with E-state index in [4.69, 9.17) is 0 Å². The van der Waals surface area contributed by atoms with E-state index in [0.29, 0.717) is 16.5 Å². The van der Waals surface area contributed by atoms with Gasteiger partial charge in [-0.15, -0.1) is 0 Å². The van der Waals surface area contributed by atoms with Gasteiger partial charge in [0.25, 0.3) is 6.43 Å². The Kier molecular flexibility index (Phi) is 3.19. The third-order valence-corrected chi connectivity index (χ3v) is 2.39. The first-order valence-electron chi connectivity index (χ1n) is 3.59. The SMILES string of the molecule is Cc1c(CBr)cnc(C(F)F)c1O. The first kappa shape index (κ1) is 10.4. The van der Waals surface area contributed by atoms with Crippen molar-refractivity contribution in [1.29, 1.82) is 0 Å². The number of halogens is 3. The molecular formula is C8H8BrF2NO. The Hall–Kier alpha value is -0.710. The van der Waals surface area contributed by atoms with Gasteiger partial charge < -0.3 is 5.11 Å². The Balaban J connectivity index is 3.23. The minimum atomic E-state index is -2.73. The highest BCUT2D eigenvalue weighted by atomic mass is 79.9. The van der Waals surface area contributed by atoms with Gasteiger partial charge in [-0.05, 0) is 18.1 Å². The average Bonchev–Trinajstić information content (AvgIpc) is 2.09. The predicted octanol–water partition coefficient (Wildman–Crippen LogP) is 2.93. The summed E-state index contributed by atoms with van der Waals surface area (Å²) in [5, 5.41) is 9.81. The average molecular weight is 252 g/mol. The van der Waals surface area contributed by atoms with E-state index in [1.165, 1.54) is 6.20 Å². The van der Waals surface area contributed by atoms with E-state index in [0.717, 1.165) is 0 Å². The van der Waals surface area contributed by atoms with Crippen LogP contribution in [0.1, 0.15) is 23.2 Å². The fourth-order valence-electron chi connectivity index (χ4n) is 0.944. The van der Waals surface area contributed by atoms with Gasteiger partial charge in [0.1, 0.15) is 11.4 Å². The zero-order valence-corrected chi connectivity index (χ0v) is 8.48. The van der Waals surface area contributed by atoms with Crippen LogP contribution >= 0.6 is 15.9 Å². The molecule has 0 unspecified atom stereocenters. The molecule has 13 heavy (non-hydrogen) atoms. The normalized spacial score (nSPS) is 10.8. The van der Waals surface area contributed by atoms with E-state index in [9.17, 15) is 13.9 Å². The van der Waals surface area contributed by atoms with Crippen molar-refractivity contribution in [2.75, 3.05) is 0 Å². The van der Waals surface area contributed by atoms with Gasteiger partial charge in [-0.1, -0.05) is 15.9 Å². The number of aromatic hydroxyl groups is 1. The molecule has 72 valence electrons. The molecule has 2 nitrogen and oxygen atoms in total. The highest BCUT2D eigenvalue weighted by Gasteiger charge is 2.17. The minimum absolute atomic E-state index is 0.410. The summed E-state index contributed by atoms with van der Waals surface area (Å²) in [4.78, 5) is 3.48. The molecule has 0 bridgehead atoms. The molecule has 1 heterocycles. The maximum Gasteiger partial charge on any atom is 0.284 e. The monoisotopic (exact) mass is 251 g/mol. The van der Waals surface area contributed by atoms with E-state index >= 15 is 0 Å². The largest absolute Gasteiger partial charge is 0.506 e. The Bertz CT molecular complexity index is 317. The molecule has 0 radical (unpaired) electrons. The number of hydrogen-bond donors (Lipinski definition) is 1. The summed E-state index contributed by atoms with van der Waals surface area (Å²) in [7, 11) is 0. The van der Waals surface area contributed by atoms with Gasteiger partial charge in [-0.2, -0.15) is 0 Å². The first-order valence-corrected chi connectivity index (χ1v) is 4.71. The lowest BCUT2D eigenvalue weighted by molar-refractivity contribution is 0.141. The van der Waals surface area contributed by atoms with Crippen molar-refractivity contribution in [2.24, 2.45) is 0 Å². The molecule has 0 aliphatic heterocycles. The van der Waals surface area contributed by atoms with Gasteiger partial charge in [0.05, 0.1) is 0 Å². The summed E-state index contributed by atoms with van der Waals surface area (Å²) in [5.74, 6) is -0.410. The molecule has 0 saturated carbocycles. The molecule has 0 aromatic carbocycles. The van der Waals surface area contributed by atoms with Crippen LogP contribution in [0.4, 0.5) is 8.78 Å². The van der Waals surface area contributed by atoms with Gasteiger partial charge in [-0.25, -0.2) is 8.78 Å². The second-order valence-corrected chi connectivity index (χ2v) is 3.14. The van der Waals surface area contributed by atoms with Crippen LogP contribution in [0, 0.1) is 6.92 Å². The molecule has 1 aromatic rings. The van der Waals surface area contributed by atoms with Crippen LogP contribution in [0.15, 0.2) is 6.20 Å². The fraction of sp³-hybridized carbons (Fsp3) is 0.375. The zero-order valence-electron chi connectivity index (χ0n) is 6.89. The second kappa shape index (κ2) is 4.00. The van der Waals surface area contributed by atoms with E-state index in [-0.39, 0.29) is 0 Å². The van der Waals surface area contributed by atoms with Crippen LogP contribution in [-0.4, -0.2) is 10.1 Å². The van der Waals surface area contributed by atoms with Crippen molar-refractivity contribution in [2.45, 2.75) is 18.7 Å². The summed E-state index contributed by atoms with van der Waals surface area (Å²) in [5.41, 5.74) is 0.603. The number of hydrogen-bond acceptors (Lipinski definition) is 2. The highest BCUT2D eigenvalue weighted by Crippen LogP contribution is 2.30. The van der Waals surface area contributed by atoms with Gasteiger partial charge in [0.15, 0.2) is 0 Å². The van der Waals surface area contributed by atoms with Crippen LogP contribution in [0.2, 0.25) is 0 Å². The fourth-order valence-corrected chi connectivity index (χ4v) is 1.51. The van der Waals surface area contributed by atoms with Gasteiger partial charge in [-0.3, -0.25) is 4.98 Å². The molecule has 0 amide bonds. The van der Waals surface area contributed by atoms with Crippen molar-refractivity contribution in [3.05, 3.63) is 23.0 Å². The van der Waals surface area contributed by atoms with Gasteiger partial charge in [0.2, 0.25) is 0 Å². The van der Waals surface area contributed by atoms with Crippen molar-refractivity contribution in [1.82, 2.24) is 4.98 Å². The quantitative estimate of drug-likeness (QED) is 0.821. The Morgan fingerprint density at radius 2 is 2.23 bits per heavy atom. The number of aromatic nitrogens is 1. The molecule has 1 rings (SSSR count). The molecule has 0 saturated heterocycles. The van der Waals surface area contributed by atoms with Crippen LogP contribution in [-0.2, 0) is 5.33 Å². The number of pyridine rings is 1. The topological polar surface area (TPSA) is 33.1 Å². The van der Waals surface area contributed by atoms with Crippen LogP contribution in [0.3, 0.4) is 0 Å². The van der Waals surface area contributed by atoms with Crippen LogP contribution < -0.4 is 0 Å². The lowest BCUT2D eigenvalue weighted by Gasteiger charge is -2.08. The summed E-state index contributed by atoms with van der Waals surface area (Å²) in [6.07, 6.45) is -1.39. The molecule has 0 atom stereocenters. The molecular weight excluding hydrogens is 244 g/mol. The van der Waals surface area contributed by atoms with E-state index in [2.05, 4.69) is 20.9 Å². The van der Waals surface area contributed by atoms with E-state index in [1.54, 1.807) is 6.92 Å². The standard InChI is InChI=1S/C8H8BrF2NO/c1-4-5(2-9)3-12-6(7(4)13)8(10)11/h3,8,13H,2H2,1H3. The summed E-state index contributed by atoms with van der Waals surface area (Å²) < 4.78 is 24.4. The van der Waals surface area contributed by atoms with Crippen LogP contribution in [0.25, 0.3) is 0 Å². The lowest BCUT2D eigenvalue weighted by atomic mass is 10.1. The smallest absolute Gasteiger partial charge is 0.284 e.